The molecule has 0 bridgehead atoms. The van der Waals surface area contributed by atoms with Crippen molar-refractivity contribution in [3.8, 4) is 0 Å². The summed E-state index contributed by atoms with van der Waals surface area (Å²) in [7, 11) is 0. The van der Waals surface area contributed by atoms with Gasteiger partial charge in [-0.05, 0) is 23.6 Å². The second-order valence-corrected chi connectivity index (χ2v) is 4.54. The number of thiophene rings is 1. The highest BCUT2D eigenvalue weighted by molar-refractivity contribution is 7.12. The summed E-state index contributed by atoms with van der Waals surface area (Å²) in [5.41, 5.74) is 1.36. The molecule has 0 fully saturated rings. The van der Waals surface area contributed by atoms with Crippen molar-refractivity contribution in [3.05, 3.63) is 52.2 Å². The van der Waals surface area contributed by atoms with Gasteiger partial charge in [-0.25, -0.2) is 10.8 Å². The Bertz CT molecular complexity index is 576. The maximum absolute atomic E-state index is 12.8. The van der Waals surface area contributed by atoms with E-state index < -0.39 is 11.7 Å². The Balaban J connectivity index is 2.48. The highest BCUT2D eigenvalue weighted by atomic mass is 32.1. The van der Waals surface area contributed by atoms with Crippen LogP contribution in [0.1, 0.15) is 10.4 Å². The summed E-state index contributed by atoms with van der Waals surface area (Å²) in [4.78, 5) is 4.62. The van der Waals surface area contributed by atoms with E-state index in [4.69, 9.17) is 5.84 Å². The van der Waals surface area contributed by atoms with Crippen LogP contribution in [0.3, 0.4) is 0 Å². The highest BCUT2D eigenvalue weighted by Crippen LogP contribution is 2.36. The molecule has 7 heteroatoms. The molecule has 3 N–H and O–H groups in total. The van der Waals surface area contributed by atoms with Crippen LogP contribution in [0.4, 0.5) is 18.9 Å². The number of nitrogens with zero attached hydrogens (tertiary/aromatic N) is 1. The number of benzene rings is 1. The van der Waals surface area contributed by atoms with Crippen molar-refractivity contribution in [3.63, 3.8) is 0 Å². The van der Waals surface area contributed by atoms with Crippen molar-refractivity contribution in [1.82, 2.24) is 5.43 Å². The number of nitrogens with two attached hydrogens (primary N) is 1. The number of aliphatic imine (C=N–C) groups is 1. The molecule has 2 rings (SSSR count). The fraction of sp³-hybridized carbons (Fsp3) is 0.0833. The lowest BCUT2D eigenvalue weighted by Crippen LogP contribution is -2.30. The van der Waals surface area contributed by atoms with Gasteiger partial charge in [-0.15, -0.1) is 11.3 Å². The lowest BCUT2D eigenvalue weighted by Gasteiger charge is -2.10. The van der Waals surface area contributed by atoms with E-state index >= 15 is 0 Å². The van der Waals surface area contributed by atoms with Crippen molar-refractivity contribution in [1.29, 1.82) is 0 Å². The van der Waals surface area contributed by atoms with Crippen molar-refractivity contribution < 1.29 is 13.2 Å². The van der Waals surface area contributed by atoms with Crippen molar-refractivity contribution in [2.24, 2.45) is 10.8 Å². The van der Waals surface area contributed by atoms with Gasteiger partial charge in [-0.3, -0.25) is 0 Å². The van der Waals surface area contributed by atoms with Crippen LogP contribution in [0.2, 0.25) is 0 Å². The fourth-order valence-corrected chi connectivity index (χ4v) is 2.18. The third-order valence-electron chi connectivity index (χ3n) is 2.33. The van der Waals surface area contributed by atoms with Crippen LogP contribution in [0.25, 0.3) is 0 Å². The predicted octanol–water partition coefficient (Wildman–Crippen LogP) is 3.31. The van der Waals surface area contributed by atoms with Gasteiger partial charge in [0, 0.05) is 0 Å². The monoisotopic (exact) mass is 285 g/mol. The van der Waals surface area contributed by atoms with Gasteiger partial charge in [0.05, 0.1) is 16.1 Å². The summed E-state index contributed by atoms with van der Waals surface area (Å²) in [5.74, 6) is 5.52. The Morgan fingerprint density at radius 1 is 1.16 bits per heavy atom. The zero-order valence-corrected chi connectivity index (χ0v) is 10.4. The third kappa shape index (κ3) is 3.12. The normalized spacial score (nSPS) is 12.5. The Morgan fingerprint density at radius 2 is 1.89 bits per heavy atom. The number of hydrazine groups is 1. The van der Waals surface area contributed by atoms with E-state index in [0.717, 1.165) is 6.07 Å². The van der Waals surface area contributed by atoms with Gasteiger partial charge < -0.3 is 5.43 Å². The number of rotatable bonds is 2. The minimum Gasteiger partial charge on any atom is -0.307 e. The standard InChI is InChI=1S/C12H10F3N3S/c13-12(14,15)8-4-1-2-5-9(8)17-11(18-16)10-6-3-7-19-10/h1-7H,16H2,(H,17,18). The van der Waals surface area contributed by atoms with Gasteiger partial charge in [0.25, 0.3) is 0 Å². The third-order valence-corrected chi connectivity index (χ3v) is 3.21. The van der Waals surface area contributed by atoms with E-state index in [0.29, 0.717) is 4.88 Å². The molecule has 3 nitrogen and oxygen atoms in total. The zero-order chi connectivity index (χ0) is 13.9. The molecule has 0 radical (unpaired) electrons. The number of nitrogens with one attached hydrogen (secondary N) is 1. The molecule has 0 atom stereocenters. The maximum atomic E-state index is 12.8. The van der Waals surface area contributed by atoms with Crippen LogP contribution in [0.15, 0.2) is 46.8 Å². The molecule has 0 aliphatic heterocycles. The van der Waals surface area contributed by atoms with Gasteiger partial charge in [0.2, 0.25) is 0 Å². The van der Waals surface area contributed by atoms with Gasteiger partial charge in [-0.2, -0.15) is 13.2 Å². The van der Waals surface area contributed by atoms with Crippen LogP contribution < -0.4 is 11.3 Å². The van der Waals surface area contributed by atoms with Gasteiger partial charge in [-0.1, -0.05) is 18.2 Å². The maximum Gasteiger partial charge on any atom is 0.418 e. The van der Waals surface area contributed by atoms with Crippen LogP contribution in [0, 0.1) is 0 Å². The van der Waals surface area contributed by atoms with E-state index in [1.165, 1.54) is 29.5 Å². The van der Waals surface area contributed by atoms with E-state index in [1.807, 2.05) is 0 Å². The summed E-state index contributed by atoms with van der Waals surface area (Å²) in [5, 5.41) is 1.79. The average Bonchev–Trinajstić information content (AvgIpc) is 2.89. The molecule has 0 saturated carbocycles. The molecular formula is C12H10F3N3S. The van der Waals surface area contributed by atoms with Crippen LogP contribution >= 0.6 is 11.3 Å². The van der Waals surface area contributed by atoms with E-state index in [9.17, 15) is 13.2 Å². The minimum atomic E-state index is -4.45. The second kappa shape index (κ2) is 5.41. The van der Waals surface area contributed by atoms with Crippen LogP contribution in [0.5, 0.6) is 0 Å². The molecule has 0 spiro atoms. The highest BCUT2D eigenvalue weighted by Gasteiger charge is 2.33. The quantitative estimate of drug-likeness (QED) is 0.385. The number of halogens is 3. The smallest absolute Gasteiger partial charge is 0.307 e. The van der Waals surface area contributed by atoms with Gasteiger partial charge >= 0.3 is 6.18 Å². The first-order valence-corrected chi connectivity index (χ1v) is 6.16. The fourth-order valence-electron chi connectivity index (χ4n) is 1.50. The molecule has 0 unspecified atom stereocenters. The summed E-state index contributed by atoms with van der Waals surface area (Å²) in [6.45, 7) is 0. The van der Waals surface area contributed by atoms with Crippen LogP contribution in [-0.2, 0) is 6.18 Å². The molecule has 0 aliphatic rings. The Morgan fingerprint density at radius 3 is 2.47 bits per heavy atom. The Labute approximate surface area is 111 Å². The molecule has 0 amide bonds. The number of para-hydroxylation sites is 1. The van der Waals surface area contributed by atoms with Crippen molar-refractivity contribution in [2.45, 2.75) is 6.18 Å². The number of alkyl halides is 3. The topological polar surface area (TPSA) is 50.4 Å². The summed E-state index contributed by atoms with van der Waals surface area (Å²) in [6, 6.07) is 8.59. The number of hydrogen-bond donors (Lipinski definition) is 2. The molecule has 1 aromatic carbocycles. The molecule has 1 heterocycles. The first kappa shape index (κ1) is 13.6. The molecule has 1 aromatic heterocycles. The summed E-state index contributed by atoms with van der Waals surface area (Å²) in [6.07, 6.45) is -4.45. The molecular weight excluding hydrogens is 275 g/mol. The van der Waals surface area contributed by atoms with E-state index in [2.05, 4.69) is 10.4 Å². The predicted molar refractivity (Wildman–Crippen MR) is 69.3 cm³/mol. The number of hydrogen-bond acceptors (Lipinski definition) is 3. The summed E-state index contributed by atoms with van der Waals surface area (Å²) < 4.78 is 38.5. The first-order chi connectivity index (χ1) is 9.02. The van der Waals surface area contributed by atoms with Gasteiger partial charge in [0.1, 0.15) is 0 Å². The first-order valence-electron chi connectivity index (χ1n) is 5.28. The van der Waals surface area contributed by atoms with Crippen molar-refractivity contribution >= 4 is 22.9 Å². The average molecular weight is 285 g/mol. The minimum absolute atomic E-state index is 0.170. The zero-order valence-electron chi connectivity index (χ0n) is 9.61. The summed E-state index contributed by atoms with van der Waals surface area (Å²) >= 11 is 1.33. The largest absolute Gasteiger partial charge is 0.418 e. The molecule has 0 aliphatic carbocycles. The lowest BCUT2D eigenvalue weighted by atomic mass is 10.2. The van der Waals surface area contributed by atoms with Gasteiger partial charge in [0.15, 0.2) is 5.84 Å². The lowest BCUT2D eigenvalue weighted by molar-refractivity contribution is -0.137. The molecule has 100 valence electrons. The van der Waals surface area contributed by atoms with E-state index in [1.54, 1.807) is 17.5 Å². The van der Waals surface area contributed by atoms with E-state index in [-0.39, 0.29) is 11.5 Å². The van der Waals surface area contributed by atoms with Crippen LogP contribution in [-0.4, -0.2) is 5.84 Å². The Kier molecular flexibility index (Phi) is 3.87. The second-order valence-electron chi connectivity index (χ2n) is 3.60. The molecule has 19 heavy (non-hydrogen) atoms. The molecule has 2 aromatic rings. The SMILES string of the molecule is NNC(=Nc1ccccc1C(F)(F)F)c1cccs1. The molecule has 0 saturated heterocycles. The Hall–Kier alpha value is -1.86. The van der Waals surface area contributed by atoms with Crippen molar-refractivity contribution in [2.75, 3.05) is 0 Å². The number of amidine groups is 1.